The first-order valence-corrected chi connectivity index (χ1v) is 5.00. The summed E-state index contributed by atoms with van der Waals surface area (Å²) < 4.78 is 5.22. The lowest BCUT2D eigenvalue weighted by atomic mass is 10.0. The van der Waals surface area contributed by atoms with Gasteiger partial charge in [-0.2, -0.15) is 0 Å². The molecule has 2 heteroatoms. The predicted molar refractivity (Wildman–Crippen MR) is 49.1 cm³/mol. The molecule has 1 fully saturated rings. The van der Waals surface area contributed by atoms with E-state index in [1.165, 1.54) is 19.3 Å². The Balaban J connectivity index is 1.84. The molecule has 1 heterocycles. The molecule has 2 nitrogen and oxygen atoms in total. The fourth-order valence-electron chi connectivity index (χ4n) is 1.49. The van der Waals surface area contributed by atoms with Crippen LogP contribution in [0.3, 0.4) is 0 Å². The highest BCUT2D eigenvalue weighted by Crippen LogP contribution is 2.26. The van der Waals surface area contributed by atoms with Crippen molar-refractivity contribution in [1.29, 1.82) is 0 Å². The molecule has 1 N–H and O–H groups in total. The molecule has 0 bridgehead atoms. The summed E-state index contributed by atoms with van der Waals surface area (Å²) in [7, 11) is 0. The van der Waals surface area contributed by atoms with E-state index in [0.29, 0.717) is 6.10 Å². The summed E-state index contributed by atoms with van der Waals surface area (Å²) >= 11 is 0. The smallest absolute Gasteiger partial charge is 0.107 e. The lowest BCUT2D eigenvalue weighted by molar-refractivity contribution is 0.241. The quantitative estimate of drug-likeness (QED) is 0.490. The molecule has 1 aliphatic rings. The molecule has 0 aliphatic carbocycles. The zero-order chi connectivity index (χ0) is 8.97. The average molecular weight is 172 g/mol. The summed E-state index contributed by atoms with van der Waals surface area (Å²) in [5.41, 5.74) is 0. The molecule has 0 radical (unpaired) electrons. The third kappa shape index (κ3) is 3.55. The Morgan fingerprint density at radius 2 is 2.00 bits per heavy atom. The van der Waals surface area contributed by atoms with E-state index in [0.717, 1.165) is 12.3 Å². The number of aliphatic hydroxyl groups is 1. The zero-order valence-corrected chi connectivity index (χ0v) is 8.12. The van der Waals surface area contributed by atoms with Crippen LogP contribution < -0.4 is 0 Å². The predicted octanol–water partition coefficient (Wildman–Crippen LogP) is 1.96. The van der Waals surface area contributed by atoms with Crippen LogP contribution in [0.2, 0.25) is 0 Å². The molecule has 2 atom stereocenters. The molecule has 0 aromatic rings. The van der Waals surface area contributed by atoms with Crippen molar-refractivity contribution in [2.24, 2.45) is 5.92 Å². The number of epoxide rings is 1. The molecule has 0 aromatic carbocycles. The molecule has 0 saturated carbocycles. The zero-order valence-electron chi connectivity index (χ0n) is 8.12. The largest absolute Gasteiger partial charge is 0.394 e. The highest BCUT2D eigenvalue weighted by atomic mass is 16.6. The summed E-state index contributed by atoms with van der Waals surface area (Å²) in [6, 6.07) is 0. The van der Waals surface area contributed by atoms with Crippen LogP contribution in [-0.4, -0.2) is 23.9 Å². The molecule has 0 unspecified atom stereocenters. The molecule has 0 amide bonds. The van der Waals surface area contributed by atoms with Gasteiger partial charge in [-0.3, -0.25) is 0 Å². The van der Waals surface area contributed by atoms with Crippen LogP contribution >= 0.6 is 0 Å². The van der Waals surface area contributed by atoms with E-state index < -0.39 is 0 Å². The van der Waals surface area contributed by atoms with Crippen LogP contribution in [0.4, 0.5) is 0 Å². The van der Waals surface area contributed by atoms with E-state index in [9.17, 15) is 0 Å². The van der Waals surface area contributed by atoms with Crippen LogP contribution in [0.1, 0.15) is 39.5 Å². The normalized spacial score (nSPS) is 28.0. The van der Waals surface area contributed by atoms with Crippen LogP contribution in [0.25, 0.3) is 0 Å². The number of rotatable bonds is 6. The summed E-state index contributed by atoms with van der Waals surface area (Å²) in [6.07, 6.45) is 5.55. The van der Waals surface area contributed by atoms with Crippen molar-refractivity contribution in [3.05, 3.63) is 0 Å². The Kier molecular flexibility index (Phi) is 4.02. The van der Waals surface area contributed by atoms with Gasteiger partial charge in [0.2, 0.25) is 0 Å². The van der Waals surface area contributed by atoms with Gasteiger partial charge in [0, 0.05) is 0 Å². The van der Waals surface area contributed by atoms with Crippen LogP contribution in [0.15, 0.2) is 0 Å². The first-order chi connectivity index (χ1) is 5.74. The maximum absolute atomic E-state index is 8.70. The molecule has 0 aromatic heterocycles. The Bertz CT molecular complexity index is 123. The second-order valence-corrected chi connectivity index (χ2v) is 4.07. The van der Waals surface area contributed by atoms with E-state index in [4.69, 9.17) is 9.84 Å². The van der Waals surface area contributed by atoms with Gasteiger partial charge in [0.05, 0.1) is 12.7 Å². The third-order valence-corrected chi connectivity index (χ3v) is 2.39. The highest BCUT2D eigenvalue weighted by Gasteiger charge is 2.36. The van der Waals surface area contributed by atoms with E-state index in [1.807, 2.05) is 0 Å². The SMILES string of the molecule is CC(C)CCCC[C@H]1O[C@@H]1CO. The van der Waals surface area contributed by atoms with Gasteiger partial charge in [0.25, 0.3) is 0 Å². The second kappa shape index (κ2) is 4.83. The van der Waals surface area contributed by atoms with Gasteiger partial charge in [-0.05, 0) is 12.3 Å². The monoisotopic (exact) mass is 172 g/mol. The molecule has 72 valence electrons. The maximum atomic E-state index is 8.70. The highest BCUT2D eigenvalue weighted by molar-refractivity contribution is 4.83. The summed E-state index contributed by atoms with van der Waals surface area (Å²) in [6.45, 7) is 4.71. The number of unbranched alkanes of at least 4 members (excludes halogenated alkanes) is 1. The molecular formula is C10H20O2. The molecule has 12 heavy (non-hydrogen) atoms. The van der Waals surface area contributed by atoms with Gasteiger partial charge in [0.15, 0.2) is 0 Å². The third-order valence-electron chi connectivity index (χ3n) is 2.39. The van der Waals surface area contributed by atoms with E-state index in [1.54, 1.807) is 0 Å². The van der Waals surface area contributed by atoms with Crippen molar-refractivity contribution < 1.29 is 9.84 Å². The van der Waals surface area contributed by atoms with Crippen LogP contribution in [0, 0.1) is 5.92 Å². The fourth-order valence-corrected chi connectivity index (χ4v) is 1.49. The van der Waals surface area contributed by atoms with Crippen molar-refractivity contribution in [2.45, 2.75) is 51.7 Å². The minimum Gasteiger partial charge on any atom is -0.394 e. The van der Waals surface area contributed by atoms with Crippen molar-refractivity contribution >= 4 is 0 Å². The summed E-state index contributed by atoms with van der Waals surface area (Å²) in [5.74, 6) is 0.818. The lowest BCUT2D eigenvalue weighted by Gasteiger charge is -2.02. The number of ether oxygens (including phenoxy) is 1. The fraction of sp³-hybridized carbons (Fsp3) is 1.00. The number of aliphatic hydroxyl groups excluding tert-OH is 1. The van der Waals surface area contributed by atoms with Gasteiger partial charge in [-0.15, -0.1) is 0 Å². The van der Waals surface area contributed by atoms with Crippen molar-refractivity contribution in [3.63, 3.8) is 0 Å². The van der Waals surface area contributed by atoms with Gasteiger partial charge >= 0.3 is 0 Å². The topological polar surface area (TPSA) is 32.8 Å². The minimum absolute atomic E-state index is 0.170. The van der Waals surface area contributed by atoms with Gasteiger partial charge in [0.1, 0.15) is 6.10 Å². The second-order valence-electron chi connectivity index (χ2n) is 4.07. The first-order valence-electron chi connectivity index (χ1n) is 5.00. The van der Waals surface area contributed by atoms with Gasteiger partial charge < -0.3 is 9.84 Å². The summed E-state index contributed by atoms with van der Waals surface area (Å²) in [4.78, 5) is 0. The van der Waals surface area contributed by atoms with E-state index in [2.05, 4.69) is 13.8 Å². The Labute approximate surface area is 74.9 Å². The Morgan fingerprint density at radius 1 is 1.25 bits per heavy atom. The van der Waals surface area contributed by atoms with Gasteiger partial charge in [-0.25, -0.2) is 0 Å². The molecule has 1 saturated heterocycles. The maximum Gasteiger partial charge on any atom is 0.107 e. The molecular weight excluding hydrogens is 152 g/mol. The average Bonchev–Trinajstić information content (AvgIpc) is 2.76. The first kappa shape index (κ1) is 10.0. The molecule has 1 aliphatic heterocycles. The Morgan fingerprint density at radius 3 is 2.50 bits per heavy atom. The minimum atomic E-state index is 0.170. The van der Waals surface area contributed by atoms with E-state index in [-0.39, 0.29) is 12.7 Å². The number of hydrogen-bond donors (Lipinski definition) is 1. The van der Waals surface area contributed by atoms with Crippen LogP contribution in [0.5, 0.6) is 0 Å². The lowest BCUT2D eigenvalue weighted by Crippen LogP contribution is -1.99. The van der Waals surface area contributed by atoms with Crippen molar-refractivity contribution in [2.75, 3.05) is 6.61 Å². The number of hydrogen-bond acceptors (Lipinski definition) is 2. The Hall–Kier alpha value is -0.0800. The van der Waals surface area contributed by atoms with Crippen molar-refractivity contribution in [1.82, 2.24) is 0 Å². The van der Waals surface area contributed by atoms with Crippen molar-refractivity contribution in [3.8, 4) is 0 Å². The summed E-state index contributed by atoms with van der Waals surface area (Å²) in [5, 5.41) is 8.70. The van der Waals surface area contributed by atoms with Crippen LogP contribution in [-0.2, 0) is 4.74 Å². The molecule has 0 spiro atoms. The van der Waals surface area contributed by atoms with Gasteiger partial charge in [-0.1, -0.05) is 33.1 Å². The van der Waals surface area contributed by atoms with E-state index >= 15 is 0 Å². The standard InChI is InChI=1S/C10H20O2/c1-8(2)5-3-4-6-9-10(7-11)12-9/h8-11H,3-7H2,1-2H3/t9-,10-/m1/s1. The molecule has 1 rings (SSSR count).